The maximum absolute atomic E-state index is 11.1. The van der Waals surface area contributed by atoms with Crippen LogP contribution in [-0.4, -0.2) is 39.7 Å². The summed E-state index contributed by atoms with van der Waals surface area (Å²) >= 11 is 0. The van der Waals surface area contributed by atoms with Crippen molar-refractivity contribution in [2.75, 3.05) is 6.54 Å². The monoisotopic (exact) mass is 249 g/mol. The number of phenolic OH excluding ortho intramolecular Hbond substituents is 1. The second kappa shape index (κ2) is 5.40. The second-order valence-electron chi connectivity index (χ2n) is 4.95. The zero-order valence-corrected chi connectivity index (χ0v) is 10.5. The fraction of sp³-hybridized carbons (Fsp3) is 0.500. The standard InChI is InChI=1S/C14H19NO3/c1-10(9-11-4-6-12(16)7-5-11)15-8-2-3-13(15)14(17)18/h4-7,10,13,16H,2-3,8-9H2,1H3,(H,17,18). The van der Waals surface area contributed by atoms with E-state index in [0.29, 0.717) is 0 Å². The number of rotatable bonds is 4. The molecule has 0 radical (unpaired) electrons. The van der Waals surface area contributed by atoms with Gasteiger partial charge in [-0.05, 0) is 50.4 Å². The number of aromatic hydroxyl groups is 1. The minimum absolute atomic E-state index is 0.207. The van der Waals surface area contributed by atoms with Crippen molar-refractivity contribution in [3.63, 3.8) is 0 Å². The van der Waals surface area contributed by atoms with E-state index in [1.807, 2.05) is 12.1 Å². The number of hydrogen-bond donors (Lipinski definition) is 2. The molecule has 98 valence electrons. The lowest BCUT2D eigenvalue weighted by Gasteiger charge is -2.28. The molecule has 4 nitrogen and oxygen atoms in total. The summed E-state index contributed by atoms with van der Waals surface area (Å²) in [6.45, 7) is 2.92. The Hall–Kier alpha value is -1.55. The number of hydrogen-bond acceptors (Lipinski definition) is 3. The molecular weight excluding hydrogens is 230 g/mol. The van der Waals surface area contributed by atoms with Crippen molar-refractivity contribution >= 4 is 5.97 Å². The molecule has 0 aromatic heterocycles. The number of carboxylic acids is 1. The maximum Gasteiger partial charge on any atom is 0.320 e. The van der Waals surface area contributed by atoms with Gasteiger partial charge in [0.2, 0.25) is 0 Å². The first-order valence-electron chi connectivity index (χ1n) is 6.34. The van der Waals surface area contributed by atoms with Crippen molar-refractivity contribution in [1.82, 2.24) is 4.90 Å². The minimum Gasteiger partial charge on any atom is -0.508 e. The highest BCUT2D eigenvalue weighted by Gasteiger charge is 2.33. The lowest BCUT2D eigenvalue weighted by Crippen LogP contribution is -2.42. The first-order chi connectivity index (χ1) is 8.58. The number of likely N-dealkylation sites (tertiary alicyclic amines) is 1. The van der Waals surface area contributed by atoms with E-state index < -0.39 is 5.97 Å². The van der Waals surface area contributed by atoms with E-state index in [1.54, 1.807) is 12.1 Å². The summed E-state index contributed by atoms with van der Waals surface area (Å²) in [4.78, 5) is 13.2. The Morgan fingerprint density at radius 1 is 1.44 bits per heavy atom. The van der Waals surface area contributed by atoms with Gasteiger partial charge >= 0.3 is 5.97 Å². The topological polar surface area (TPSA) is 60.8 Å². The molecule has 0 spiro atoms. The van der Waals surface area contributed by atoms with Gasteiger partial charge in [-0.3, -0.25) is 9.69 Å². The molecule has 1 heterocycles. The van der Waals surface area contributed by atoms with Gasteiger partial charge in [0.25, 0.3) is 0 Å². The SMILES string of the molecule is CC(Cc1ccc(O)cc1)N1CCCC1C(=O)O. The van der Waals surface area contributed by atoms with Gasteiger partial charge in [-0.25, -0.2) is 0 Å². The third-order valence-electron chi connectivity index (χ3n) is 3.61. The predicted molar refractivity (Wildman–Crippen MR) is 68.6 cm³/mol. The van der Waals surface area contributed by atoms with Crippen molar-refractivity contribution in [3.8, 4) is 5.75 Å². The van der Waals surface area contributed by atoms with Crippen LogP contribution in [0, 0.1) is 0 Å². The summed E-state index contributed by atoms with van der Waals surface area (Å²) in [6, 6.07) is 6.98. The molecule has 1 fully saturated rings. The van der Waals surface area contributed by atoms with Crippen LogP contribution >= 0.6 is 0 Å². The van der Waals surface area contributed by atoms with Crippen molar-refractivity contribution in [1.29, 1.82) is 0 Å². The molecule has 4 heteroatoms. The highest BCUT2D eigenvalue weighted by Crippen LogP contribution is 2.22. The van der Waals surface area contributed by atoms with Crippen LogP contribution in [0.25, 0.3) is 0 Å². The molecular formula is C14H19NO3. The molecule has 1 aromatic carbocycles. The molecule has 0 bridgehead atoms. The Labute approximate surface area is 107 Å². The van der Waals surface area contributed by atoms with Gasteiger partial charge in [-0.15, -0.1) is 0 Å². The summed E-state index contributed by atoms with van der Waals surface area (Å²) in [5, 5.41) is 18.4. The summed E-state index contributed by atoms with van der Waals surface area (Å²) in [5.74, 6) is -0.457. The Morgan fingerprint density at radius 3 is 2.72 bits per heavy atom. The zero-order valence-electron chi connectivity index (χ0n) is 10.5. The van der Waals surface area contributed by atoms with Crippen LogP contribution in [0.5, 0.6) is 5.75 Å². The first-order valence-corrected chi connectivity index (χ1v) is 6.34. The average molecular weight is 249 g/mol. The predicted octanol–water partition coefficient (Wildman–Crippen LogP) is 1.87. The molecule has 2 atom stereocenters. The normalized spacial score (nSPS) is 21.9. The van der Waals surface area contributed by atoms with E-state index >= 15 is 0 Å². The molecule has 18 heavy (non-hydrogen) atoms. The number of carbonyl (C=O) groups is 1. The third-order valence-corrected chi connectivity index (χ3v) is 3.61. The summed E-state index contributed by atoms with van der Waals surface area (Å²) in [6.07, 6.45) is 2.51. The fourth-order valence-corrected chi connectivity index (χ4v) is 2.67. The van der Waals surface area contributed by atoms with Gasteiger partial charge in [-0.2, -0.15) is 0 Å². The van der Waals surface area contributed by atoms with Crippen molar-refractivity contribution in [2.45, 2.75) is 38.3 Å². The average Bonchev–Trinajstić information content (AvgIpc) is 2.81. The van der Waals surface area contributed by atoms with Crippen LogP contribution in [0.15, 0.2) is 24.3 Å². The quantitative estimate of drug-likeness (QED) is 0.855. The first kappa shape index (κ1) is 12.9. The summed E-state index contributed by atoms with van der Waals surface area (Å²) < 4.78 is 0. The molecule has 2 rings (SSSR count). The van der Waals surface area contributed by atoms with E-state index in [9.17, 15) is 9.90 Å². The van der Waals surface area contributed by atoms with Gasteiger partial charge in [0.15, 0.2) is 0 Å². The molecule has 1 aliphatic rings. The molecule has 2 unspecified atom stereocenters. The smallest absolute Gasteiger partial charge is 0.320 e. The largest absolute Gasteiger partial charge is 0.508 e. The van der Waals surface area contributed by atoms with Crippen LogP contribution in [0.3, 0.4) is 0 Å². The molecule has 0 saturated carbocycles. The Morgan fingerprint density at radius 2 is 2.11 bits per heavy atom. The lowest BCUT2D eigenvalue weighted by molar-refractivity contribution is -0.142. The fourth-order valence-electron chi connectivity index (χ4n) is 2.67. The van der Waals surface area contributed by atoms with Crippen LogP contribution in [0.1, 0.15) is 25.3 Å². The van der Waals surface area contributed by atoms with E-state index in [4.69, 9.17) is 5.11 Å². The highest BCUT2D eigenvalue weighted by atomic mass is 16.4. The highest BCUT2D eigenvalue weighted by molar-refractivity contribution is 5.73. The number of carboxylic acid groups (broad SMARTS) is 1. The Bertz CT molecular complexity index is 416. The molecule has 0 amide bonds. The summed E-state index contributed by atoms with van der Waals surface area (Å²) in [7, 11) is 0. The van der Waals surface area contributed by atoms with E-state index in [0.717, 1.165) is 31.4 Å². The van der Waals surface area contributed by atoms with E-state index in [-0.39, 0.29) is 17.8 Å². The molecule has 0 aliphatic carbocycles. The number of nitrogens with zero attached hydrogens (tertiary/aromatic N) is 1. The zero-order chi connectivity index (χ0) is 13.1. The minimum atomic E-state index is -0.718. The van der Waals surface area contributed by atoms with Crippen molar-refractivity contribution in [2.24, 2.45) is 0 Å². The molecule has 1 aromatic rings. The molecule has 2 N–H and O–H groups in total. The van der Waals surface area contributed by atoms with Gasteiger partial charge in [0, 0.05) is 6.04 Å². The van der Waals surface area contributed by atoms with Gasteiger partial charge in [0.05, 0.1) is 0 Å². The van der Waals surface area contributed by atoms with Gasteiger partial charge < -0.3 is 10.2 Å². The number of aliphatic carboxylic acids is 1. The second-order valence-corrected chi connectivity index (χ2v) is 4.95. The number of phenols is 1. The van der Waals surface area contributed by atoms with E-state index in [2.05, 4.69) is 11.8 Å². The van der Waals surface area contributed by atoms with Gasteiger partial charge in [-0.1, -0.05) is 12.1 Å². The maximum atomic E-state index is 11.1. The van der Waals surface area contributed by atoms with Gasteiger partial charge in [0.1, 0.15) is 11.8 Å². The van der Waals surface area contributed by atoms with Crippen LogP contribution in [-0.2, 0) is 11.2 Å². The van der Waals surface area contributed by atoms with E-state index in [1.165, 1.54) is 0 Å². The third kappa shape index (κ3) is 2.82. The molecule has 1 saturated heterocycles. The van der Waals surface area contributed by atoms with Crippen LogP contribution in [0.2, 0.25) is 0 Å². The molecule has 1 aliphatic heterocycles. The van der Waals surface area contributed by atoms with Crippen LogP contribution < -0.4 is 0 Å². The Balaban J connectivity index is 2.01. The summed E-state index contributed by atoms with van der Waals surface area (Å²) in [5.41, 5.74) is 1.12. The van der Waals surface area contributed by atoms with Crippen molar-refractivity contribution < 1.29 is 15.0 Å². The van der Waals surface area contributed by atoms with Crippen molar-refractivity contribution in [3.05, 3.63) is 29.8 Å². The Kier molecular flexibility index (Phi) is 3.87. The van der Waals surface area contributed by atoms with Crippen LogP contribution in [0.4, 0.5) is 0 Å². The number of benzene rings is 1. The lowest BCUT2D eigenvalue weighted by atomic mass is 10.0.